The molecule has 4 heterocycles. The fourth-order valence-corrected chi connectivity index (χ4v) is 5.11. The number of nitrogens with one attached hydrogen (secondary N) is 2. The van der Waals surface area contributed by atoms with Gasteiger partial charge in [-0.05, 0) is 74.9 Å². The van der Waals surface area contributed by atoms with E-state index in [1.54, 1.807) is 31.3 Å². The van der Waals surface area contributed by atoms with E-state index in [2.05, 4.69) is 25.5 Å². The molecule has 2 amide bonds. The molecule has 0 unspecified atom stereocenters. The molecule has 10 nitrogen and oxygen atoms in total. The molecule has 5 rings (SSSR count). The van der Waals surface area contributed by atoms with E-state index in [0.29, 0.717) is 34.5 Å². The van der Waals surface area contributed by atoms with E-state index in [4.69, 9.17) is 9.57 Å². The topological polar surface area (TPSA) is 109 Å². The summed E-state index contributed by atoms with van der Waals surface area (Å²) in [7, 11) is 1.39. The Bertz CT molecular complexity index is 1370. The van der Waals surface area contributed by atoms with E-state index >= 15 is 0 Å². The highest BCUT2D eigenvalue weighted by molar-refractivity contribution is 6.08. The molecular weight excluding hydrogens is 527 g/mol. The number of aryl methyl sites for hydroxylation is 1. The highest BCUT2D eigenvalue weighted by atomic mass is 19.1. The van der Waals surface area contributed by atoms with Crippen LogP contribution in [-0.4, -0.2) is 61.7 Å². The maximum atomic E-state index is 14.3. The van der Waals surface area contributed by atoms with E-state index in [-0.39, 0.29) is 11.1 Å². The number of aromatic nitrogens is 2. The van der Waals surface area contributed by atoms with Crippen molar-refractivity contribution in [1.29, 1.82) is 0 Å². The lowest BCUT2D eigenvalue weighted by molar-refractivity contribution is 0.0699. The molecule has 2 N–H and O–H groups in total. The van der Waals surface area contributed by atoms with Crippen molar-refractivity contribution in [3.8, 4) is 0 Å². The van der Waals surface area contributed by atoms with Gasteiger partial charge in [-0.15, -0.1) is 0 Å². The first-order valence-corrected chi connectivity index (χ1v) is 13.9. The molecule has 11 heteroatoms. The van der Waals surface area contributed by atoms with Crippen molar-refractivity contribution in [2.45, 2.75) is 32.6 Å². The number of hydrogen-bond acceptors (Lipinski definition) is 8. The maximum absolute atomic E-state index is 14.3. The Hall–Kier alpha value is -4.09. The summed E-state index contributed by atoms with van der Waals surface area (Å²) in [6.07, 6.45) is 7.14. The second-order valence-electron chi connectivity index (χ2n) is 10.3. The first-order valence-electron chi connectivity index (χ1n) is 13.9. The van der Waals surface area contributed by atoms with Crippen LogP contribution in [0.3, 0.4) is 0 Å². The van der Waals surface area contributed by atoms with E-state index in [1.807, 2.05) is 0 Å². The molecule has 0 radical (unpaired) electrons. The molecule has 0 atom stereocenters. The van der Waals surface area contributed by atoms with Crippen molar-refractivity contribution in [3.05, 3.63) is 71.4 Å². The van der Waals surface area contributed by atoms with Gasteiger partial charge >= 0.3 is 0 Å². The van der Waals surface area contributed by atoms with Gasteiger partial charge < -0.3 is 20.3 Å². The summed E-state index contributed by atoms with van der Waals surface area (Å²) in [4.78, 5) is 42.8. The number of hydrogen-bond donors (Lipinski definition) is 2. The highest BCUT2D eigenvalue weighted by Crippen LogP contribution is 2.25. The van der Waals surface area contributed by atoms with E-state index in [9.17, 15) is 14.0 Å². The zero-order valence-corrected chi connectivity index (χ0v) is 23.4. The van der Waals surface area contributed by atoms with Gasteiger partial charge in [0.2, 0.25) is 0 Å². The maximum Gasteiger partial charge on any atom is 0.284 e. The third-order valence-corrected chi connectivity index (χ3v) is 7.45. The molecule has 0 aliphatic carbocycles. The monoisotopic (exact) mass is 562 g/mol. The van der Waals surface area contributed by atoms with Crippen molar-refractivity contribution in [1.82, 2.24) is 9.97 Å². The van der Waals surface area contributed by atoms with Gasteiger partial charge in [0.15, 0.2) is 0 Å². The number of hydroxylamine groups is 1. The third kappa shape index (κ3) is 6.98. The molecule has 3 aromatic rings. The Balaban J connectivity index is 1.27. The first-order chi connectivity index (χ1) is 19.9. The van der Waals surface area contributed by atoms with Crippen LogP contribution < -0.4 is 20.6 Å². The van der Waals surface area contributed by atoms with Gasteiger partial charge in [-0.25, -0.2) is 9.37 Å². The molecule has 41 heavy (non-hydrogen) atoms. The molecule has 0 spiro atoms. The van der Waals surface area contributed by atoms with Crippen LogP contribution in [0.15, 0.2) is 48.8 Å². The summed E-state index contributed by atoms with van der Waals surface area (Å²) in [5, 5.41) is 7.21. The molecule has 2 aromatic heterocycles. The lowest BCUT2D eigenvalue weighted by Gasteiger charge is -2.23. The Morgan fingerprint density at radius 1 is 1.10 bits per heavy atom. The fraction of sp³-hybridized carbons (Fsp3) is 0.400. The second-order valence-corrected chi connectivity index (χ2v) is 10.3. The normalized spacial score (nSPS) is 15.5. The predicted octanol–water partition coefficient (Wildman–Crippen LogP) is 4.82. The van der Waals surface area contributed by atoms with Crippen LogP contribution in [0.4, 0.5) is 27.3 Å². The number of benzene rings is 1. The number of ether oxygens (including phenoxy) is 1. The quantitative estimate of drug-likeness (QED) is 0.357. The zero-order chi connectivity index (χ0) is 28.8. The van der Waals surface area contributed by atoms with Crippen molar-refractivity contribution in [2.24, 2.45) is 5.92 Å². The second kappa shape index (κ2) is 13.0. The van der Waals surface area contributed by atoms with Gasteiger partial charge in [-0.3, -0.25) is 19.4 Å². The predicted molar refractivity (Wildman–Crippen MR) is 155 cm³/mol. The molecule has 216 valence electrons. The Morgan fingerprint density at radius 2 is 1.88 bits per heavy atom. The largest absolute Gasteiger partial charge is 0.381 e. The van der Waals surface area contributed by atoms with Crippen molar-refractivity contribution in [2.75, 3.05) is 60.6 Å². The van der Waals surface area contributed by atoms with Crippen LogP contribution in [-0.2, 0) is 9.57 Å². The SMILES string of the molecule is CON(C(=O)c1cc(NC(=O)c2cc(F)cc(N3CCCC3)c2)cnc1C)c1ccc(NCC2CCOCC2)nc1. The van der Waals surface area contributed by atoms with Crippen LogP contribution in [0.1, 0.15) is 52.1 Å². The third-order valence-electron chi connectivity index (χ3n) is 7.45. The summed E-state index contributed by atoms with van der Waals surface area (Å²) in [6.45, 7) is 5.74. The Kier molecular flexibility index (Phi) is 9.05. The number of anilines is 4. The number of carbonyl (C=O) groups is 2. The minimum atomic E-state index is -0.495. The lowest BCUT2D eigenvalue weighted by Crippen LogP contribution is -2.31. The van der Waals surface area contributed by atoms with E-state index in [1.165, 1.54) is 31.5 Å². The molecule has 0 saturated carbocycles. The number of carbonyl (C=O) groups excluding carboxylic acids is 2. The summed E-state index contributed by atoms with van der Waals surface area (Å²) in [5.41, 5.74) is 2.31. The van der Waals surface area contributed by atoms with Gasteiger partial charge in [0.25, 0.3) is 11.8 Å². The van der Waals surface area contributed by atoms with Gasteiger partial charge in [0.05, 0.1) is 42.1 Å². The molecule has 2 fully saturated rings. The molecule has 0 bridgehead atoms. The van der Waals surface area contributed by atoms with Crippen LogP contribution in [0.2, 0.25) is 0 Å². The van der Waals surface area contributed by atoms with Gasteiger partial charge in [-0.2, -0.15) is 5.06 Å². The summed E-state index contributed by atoms with van der Waals surface area (Å²) < 4.78 is 19.8. The number of rotatable bonds is 9. The first kappa shape index (κ1) is 28.4. The fourth-order valence-electron chi connectivity index (χ4n) is 5.11. The van der Waals surface area contributed by atoms with Crippen molar-refractivity contribution < 1.29 is 23.6 Å². The van der Waals surface area contributed by atoms with Crippen molar-refractivity contribution >= 4 is 34.7 Å². The zero-order valence-electron chi connectivity index (χ0n) is 23.4. The van der Waals surface area contributed by atoms with Gasteiger partial charge in [-0.1, -0.05) is 0 Å². The molecular formula is C30H35FN6O4. The smallest absolute Gasteiger partial charge is 0.284 e. The Labute approximate surface area is 238 Å². The van der Waals surface area contributed by atoms with E-state index < -0.39 is 17.6 Å². The van der Waals surface area contributed by atoms with Crippen LogP contribution in [0.5, 0.6) is 0 Å². The standard InChI is InChI=1S/C30H35FN6O4/c1-20-27(30(39)37(40-2)25-5-6-28(34-19-25)33-17-21-7-11-41-12-8-21)16-24(18-32-20)35-29(38)22-13-23(31)15-26(14-22)36-9-3-4-10-36/h5-6,13-16,18-19,21H,3-4,7-12,17H2,1-2H3,(H,33,34)(H,35,38). The Morgan fingerprint density at radius 3 is 2.59 bits per heavy atom. The van der Waals surface area contributed by atoms with Gasteiger partial charge in [0.1, 0.15) is 11.6 Å². The number of pyridine rings is 2. The van der Waals surface area contributed by atoms with Gasteiger partial charge in [0, 0.05) is 44.1 Å². The average Bonchev–Trinajstić information content (AvgIpc) is 3.54. The van der Waals surface area contributed by atoms with Crippen LogP contribution in [0.25, 0.3) is 0 Å². The van der Waals surface area contributed by atoms with Crippen molar-refractivity contribution in [3.63, 3.8) is 0 Å². The molecule has 2 saturated heterocycles. The minimum Gasteiger partial charge on any atom is -0.381 e. The average molecular weight is 563 g/mol. The van der Waals surface area contributed by atoms with Crippen LogP contribution in [0, 0.1) is 18.7 Å². The number of halogens is 1. The number of amides is 2. The summed E-state index contributed by atoms with van der Waals surface area (Å²) in [6, 6.07) is 9.40. The van der Waals surface area contributed by atoms with E-state index in [0.717, 1.165) is 63.6 Å². The summed E-state index contributed by atoms with van der Waals surface area (Å²) >= 11 is 0. The number of nitrogens with zero attached hydrogens (tertiary/aromatic N) is 4. The lowest BCUT2D eigenvalue weighted by atomic mass is 10.0. The summed E-state index contributed by atoms with van der Waals surface area (Å²) in [5.74, 6) is -0.201. The van der Waals surface area contributed by atoms with Crippen LogP contribution >= 0.6 is 0 Å². The minimum absolute atomic E-state index is 0.190. The molecule has 2 aliphatic heterocycles. The molecule has 1 aromatic carbocycles. The molecule has 2 aliphatic rings. The highest BCUT2D eigenvalue weighted by Gasteiger charge is 2.23.